The van der Waals surface area contributed by atoms with Crippen LogP contribution in [-0.4, -0.2) is 14.8 Å². The molecule has 3 aliphatic rings. The van der Waals surface area contributed by atoms with Gasteiger partial charge >= 0.3 is 16.9 Å². The van der Waals surface area contributed by atoms with Crippen molar-refractivity contribution in [2.45, 2.75) is 132 Å². The van der Waals surface area contributed by atoms with Crippen molar-refractivity contribution in [3.63, 3.8) is 0 Å². The minimum absolute atomic E-state index is 0.0301. The van der Waals surface area contributed by atoms with E-state index in [9.17, 15) is 0 Å². The van der Waals surface area contributed by atoms with Crippen LogP contribution >= 0.6 is 16.9 Å². The Bertz CT molecular complexity index is 3100. The van der Waals surface area contributed by atoms with Crippen LogP contribution in [0.1, 0.15) is 140 Å². The quantitative estimate of drug-likeness (QED) is 0.0945. The molecule has 1 aliphatic heterocycles. The Labute approximate surface area is 426 Å². The topological polar surface area (TPSA) is 61.6 Å². The van der Waals surface area contributed by atoms with Crippen molar-refractivity contribution in [2.24, 2.45) is 11.3 Å². The SMILES string of the molecule is C=C(C)c1ccccc1NP(OC1=CC(C(C)(C)C)=CCC2C1Oc1c(OP(N/C=C(/C)c3ccccc3)n3cc(C)c4ccccc43)cc(C(C)(C)C)cc1C2(C)C)n1cc(C)c2c1C(C)CC=CC2. The highest BCUT2D eigenvalue weighted by Crippen LogP contribution is 2.58. The number of anilines is 1. The summed E-state index contributed by atoms with van der Waals surface area (Å²) >= 11 is 0. The summed E-state index contributed by atoms with van der Waals surface area (Å²) in [7, 11) is -3.11. The molecular formula is C62H74N4O3P2. The van der Waals surface area contributed by atoms with Crippen molar-refractivity contribution >= 4 is 44.6 Å². The minimum Gasteiger partial charge on any atom is -0.478 e. The number of para-hydroxylation sites is 2. The third kappa shape index (κ3) is 10.1. The summed E-state index contributed by atoms with van der Waals surface area (Å²) in [5.74, 6) is 2.63. The molecule has 6 aromatic rings. The Hall–Kier alpha value is -5.74. The van der Waals surface area contributed by atoms with E-state index in [1.54, 1.807) is 0 Å². The van der Waals surface area contributed by atoms with E-state index < -0.39 is 23.0 Å². The summed E-state index contributed by atoms with van der Waals surface area (Å²) in [6.07, 6.45) is 18.3. The first-order valence-electron chi connectivity index (χ1n) is 25.4. The molecule has 5 atom stereocenters. The average Bonchev–Trinajstić information content (AvgIpc) is 3.66. The number of benzene rings is 4. The van der Waals surface area contributed by atoms with E-state index in [0.29, 0.717) is 5.92 Å². The Morgan fingerprint density at radius 2 is 1.52 bits per heavy atom. The first kappa shape index (κ1) is 50.2. The second-order valence-electron chi connectivity index (χ2n) is 22.7. The second-order valence-corrected chi connectivity index (χ2v) is 25.5. The summed E-state index contributed by atoms with van der Waals surface area (Å²) in [5, 5.41) is 9.02. The molecule has 0 amide bonds. The molecule has 2 aromatic heterocycles. The fourth-order valence-corrected chi connectivity index (χ4v) is 13.8. The van der Waals surface area contributed by atoms with Crippen molar-refractivity contribution in [1.82, 2.24) is 13.8 Å². The van der Waals surface area contributed by atoms with Crippen molar-refractivity contribution < 1.29 is 13.8 Å². The van der Waals surface area contributed by atoms with Crippen LogP contribution in [0.4, 0.5) is 5.69 Å². The number of aryl methyl sites for hydroxylation is 2. The van der Waals surface area contributed by atoms with Crippen molar-refractivity contribution in [3.8, 4) is 11.5 Å². The number of hydrogen-bond acceptors (Lipinski definition) is 5. The third-order valence-corrected chi connectivity index (χ3v) is 17.8. The lowest BCUT2D eigenvalue weighted by molar-refractivity contribution is 0.0622. The first-order valence-corrected chi connectivity index (χ1v) is 27.8. The van der Waals surface area contributed by atoms with Gasteiger partial charge in [0.2, 0.25) is 0 Å². The number of fused-ring (bicyclic) bond motifs is 4. The summed E-state index contributed by atoms with van der Waals surface area (Å²) in [4.78, 5) is 0. The fourth-order valence-electron chi connectivity index (χ4n) is 10.5. The van der Waals surface area contributed by atoms with Crippen LogP contribution < -0.4 is 19.4 Å². The van der Waals surface area contributed by atoms with Gasteiger partial charge < -0.3 is 24.0 Å². The lowest BCUT2D eigenvalue weighted by Crippen LogP contribution is -2.46. The maximum Gasteiger partial charge on any atom is 0.311 e. The fraction of sp³-hybridized carbons (Fsp3) is 0.355. The van der Waals surface area contributed by atoms with Gasteiger partial charge in [0.05, 0.1) is 5.52 Å². The Balaban J connectivity index is 1.21. The smallest absolute Gasteiger partial charge is 0.311 e. The maximum absolute atomic E-state index is 7.80. The van der Waals surface area contributed by atoms with Gasteiger partial charge in [0.1, 0.15) is 5.76 Å². The lowest BCUT2D eigenvalue weighted by Gasteiger charge is -2.46. The second kappa shape index (κ2) is 19.7. The number of ether oxygens (including phenoxy) is 1. The minimum atomic E-state index is -1.57. The molecule has 9 heteroatoms. The molecule has 3 heterocycles. The zero-order valence-electron chi connectivity index (χ0n) is 44.3. The molecule has 0 fully saturated rings. The highest BCUT2D eigenvalue weighted by molar-refractivity contribution is 7.52. The van der Waals surface area contributed by atoms with Gasteiger partial charge in [-0.3, -0.25) is 8.68 Å². The monoisotopic (exact) mass is 985 g/mol. The van der Waals surface area contributed by atoms with Crippen LogP contribution in [0.5, 0.6) is 11.5 Å². The molecule has 9 rings (SSSR count). The number of rotatable bonds is 12. The summed E-state index contributed by atoms with van der Waals surface area (Å²) in [5.41, 5.74) is 14.5. The van der Waals surface area contributed by atoms with Gasteiger partial charge in [-0.2, -0.15) is 0 Å². The van der Waals surface area contributed by atoms with Gasteiger partial charge in [0.25, 0.3) is 0 Å². The van der Waals surface area contributed by atoms with Crippen molar-refractivity contribution in [3.05, 3.63) is 196 Å². The first-order chi connectivity index (χ1) is 33.7. The predicted octanol–water partition coefficient (Wildman–Crippen LogP) is 17.6. The standard InChI is InChI=1S/C62H74N4O3P2/c1-40(2)48-27-20-22-30-53(48)64-71(66-39-44(6)50-29-19-18-24-41(3)57(50)66)69-55-35-46(60(7,8)9)32-33-51-58(55)67-59-52(62(51,13)14)34-47(61(10,11)12)36-56(59)68-70(63-37-42(4)45-25-16-15-17-26-45)65-38-43(5)49-28-21-23-31-54(49)65/h15-23,25-28,30-32,34-39,41,51,58,63-64H,1,24,29,33H2,2-14H3/b42-37-. The predicted molar refractivity (Wildman–Crippen MR) is 302 cm³/mol. The van der Waals surface area contributed by atoms with E-state index >= 15 is 0 Å². The van der Waals surface area contributed by atoms with E-state index in [2.05, 4.69) is 249 Å². The summed E-state index contributed by atoms with van der Waals surface area (Å²) < 4.78 is 27.8. The van der Waals surface area contributed by atoms with Gasteiger partial charge in [0, 0.05) is 63.7 Å². The molecule has 2 N–H and O–H groups in total. The Morgan fingerprint density at radius 3 is 2.25 bits per heavy atom. The van der Waals surface area contributed by atoms with Gasteiger partial charge in [-0.1, -0.05) is 160 Å². The van der Waals surface area contributed by atoms with Crippen LogP contribution in [0.2, 0.25) is 0 Å². The summed E-state index contributed by atoms with van der Waals surface area (Å²) in [6, 6.07) is 32.2. The molecule has 7 nitrogen and oxygen atoms in total. The molecule has 4 aromatic carbocycles. The third-order valence-electron chi connectivity index (χ3n) is 14.9. The van der Waals surface area contributed by atoms with Gasteiger partial charge in [-0.25, -0.2) is 0 Å². The maximum atomic E-state index is 7.80. The number of allylic oxidation sites excluding steroid dienone is 7. The normalized spacial score (nSPS) is 19.7. The van der Waals surface area contributed by atoms with E-state index in [4.69, 9.17) is 13.8 Å². The molecule has 5 unspecified atom stereocenters. The van der Waals surface area contributed by atoms with Gasteiger partial charge in [-0.05, 0) is 127 Å². The number of aromatic nitrogens is 2. The number of hydrogen-bond donors (Lipinski definition) is 2. The number of nitrogens with one attached hydrogen (secondary N) is 2. The van der Waals surface area contributed by atoms with Gasteiger partial charge in [-0.15, -0.1) is 0 Å². The molecule has 370 valence electrons. The molecule has 0 bridgehead atoms. The molecule has 71 heavy (non-hydrogen) atoms. The average molecular weight is 985 g/mol. The van der Waals surface area contributed by atoms with Gasteiger partial charge in [0.15, 0.2) is 17.6 Å². The molecule has 0 saturated heterocycles. The van der Waals surface area contributed by atoms with E-state index in [-0.39, 0.29) is 22.2 Å². The van der Waals surface area contributed by atoms with Crippen LogP contribution in [0, 0.1) is 25.2 Å². The molecule has 0 saturated carbocycles. The Kier molecular flexibility index (Phi) is 13.9. The van der Waals surface area contributed by atoms with E-state index in [1.807, 2.05) is 0 Å². The zero-order valence-corrected chi connectivity index (χ0v) is 46.1. The molecule has 2 aliphatic carbocycles. The van der Waals surface area contributed by atoms with E-state index in [0.717, 1.165) is 75.6 Å². The molecular weight excluding hydrogens is 911 g/mol. The van der Waals surface area contributed by atoms with Crippen LogP contribution in [0.3, 0.4) is 0 Å². The Morgan fingerprint density at radius 1 is 0.817 bits per heavy atom. The van der Waals surface area contributed by atoms with Crippen LogP contribution in [0.25, 0.3) is 22.0 Å². The number of nitrogens with zero attached hydrogens (tertiary/aromatic N) is 2. The largest absolute Gasteiger partial charge is 0.478 e. The highest BCUT2D eigenvalue weighted by Gasteiger charge is 2.49. The van der Waals surface area contributed by atoms with E-state index in [1.165, 1.54) is 38.9 Å². The zero-order chi connectivity index (χ0) is 50.6. The van der Waals surface area contributed by atoms with Crippen LogP contribution in [-0.2, 0) is 21.8 Å². The van der Waals surface area contributed by atoms with Crippen LogP contribution in [0.15, 0.2) is 152 Å². The lowest BCUT2D eigenvalue weighted by atomic mass is 9.66. The molecule has 0 radical (unpaired) electrons. The van der Waals surface area contributed by atoms with Crippen molar-refractivity contribution in [2.75, 3.05) is 5.09 Å². The summed E-state index contributed by atoms with van der Waals surface area (Å²) in [6.45, 7) is 33.9. The van der Waals surface area contributed by atoms with Crippen molar-refractivity contribution in [1.29, 1.82) is 0 Å². The molecule has 0 spiro atoms. The highest BCUT2D eigenvalue weighted by atomic mass is 31.2.